The molecule has 0 saturated heterocycles. The predicted octanol–water partition coefficient (Wildman–Crippen LogP) is 4.00. The first-order chi connectivity index (χ1) is 11.6. The summed E-state index contributed by atoms with van der Waals surface area (Å²) in [6, 6.07) is 6.98. The topological polar surface area (TPSA) is 30.5 Å². The Kier molecular flexibility index (Phi) is 5.00. The average Bonchev–Trinajstić information content (AvgIpc) is 2.57. The molecular formula is C19H21F2NO2. The van der Waals surface area contributed by atoms with Gasteiger partial charge in [-0.2, -0.15) is 0 Å². The van der Waals surface area contributed by atoms with E-state index in [2.05, 4.69) is 5.32 Å². The third-order valence-corrected chi connectivity index (χ3v) is 4.13. The third kappa shape index (κ3) is 3.22. The largest absolute Gasteiger partial charge is 0.490 e. The summed E-state index contributed by atoms with van der Waals surface area (Å²) in [6.07, 6.45) is 0.801. The zero-order valence-electron chi connectivity index (χ0n) is 13.9. The van der Waals surface area contributed by atoms with Gasteiger partial charge in [-0.05, 0) is 61.7 Å². The second-order valence-electron chi connectivity index (χ2n) is 5.67. The van der Waals surface area contributed by atoms with E-state index in [4.69, 9.17) is 9.47 Å². The molecule has 1 unspecified atom stereocenters. The highest BCUT2D eigenvalue weighted by Gasteiger charge is 2.26. The van der Waals surface area contributed by atoms with Gasteiger partial charge in [0, 0.05) is 12.1 Å². The summed E-state index contributed by atoms with van der Waals surface area (Å²) in [5.74, 6) is 0.451. The number of halogens is 2. The maximum absolute atomic E-state index is 14.2. The lowest BCUT2D eigenvalue weighted by molar-refractivity contribution is 0.286. The lowest BCUT2D eigenvalue weighted by atomic mass is 9.89. The third-order valence-electron chi connectivity index (χ3n) is 4.13. The molecule has 5 heteroatoms. The summed E-state index contributed by atoms with van der Waals surface area (Å²) in [4.78, 5) is 0. The van der Waals surface area contributed by atoms with Gasteiger partial charge in [0.25, 0.3) is 0 Å². The van der Waals surface area contributed by atoms with Crippen LogP contribution < -0.4 is 14.8 Å². The summed E-state index contributed by atoms with van der Waals surface area (Å²) in [6.45, 7) is 5.55. The van der Waals surface area contributed by atoms with E-state index in [1.165, 1.54) is 12.1 Å². The summed E-state index contributed by atoms with van der Waals surface area (Å²) >= 11 is 0. The van der Waals surface area contributed by atoms with Crippen LogP contribution in [0.25, 0.3) is 0 Å². The summed E-state index contributed by atoms with van der Waals surface area (Å²) in [5.41, 5.74) is 2.27. The zero-order chi connectivity index (χ0) is 17.1. The van der Waals surface area contributed by atoms with E-state index < -0.39 is 17.7 Å². The van der Waals surface area contributed by atoms with Crippen LogP contribution in [0.2, 0.25) is 0 Å². The fourth-order valence-electron chi connectivity index (χ4n) is 3.11. The molecule has 0 bridgehead atoms. The Bertz CT molecular complexity index is 734. The second kappa shape index (κ2) is 7.18. The number of nitrogens with one attached hydrogen (secondary N) is 1. The molecule has 0 radical (unpaired) electrons. The number of ether oxygens (including phenoxy) is 2. The lowest BCUT2D eigenvalue weighted by Gasteiger charge is -2.29. The van der Waals surface area contributed by atoms with E-state index in [1.54, 1.807) is 0 Å². The van der Waals surface area contributed by atoms with Gasteiger partial charge >= 0.3 is 0 Å². The van der Waals surface area contributed by atoms with Crippen LogP contribution >= 0.6 is 0 Å². The fraction of sp³-hybridized carbons (Fsp3) is 0.368. The SMILES string of the molecule is CCOc1cc2c(cc1OCC)C(c1cc(F)ccc1F)NCC2. The maximum atomic E-state index is 14.2. The average molecular weight is 333 g/mol. The van der Waals surface area contributed by atoms with Crippen molar-refractivity contribution in [3.8, 4) is 11.5 Å². The molecule has 3 nitrogen and oxygen atoms in total. The minimum Gasteiger partial charge on any atom is -0.490 e. The summed E-state index contributed by atoms with van der Waals surface area (Å²) < 4.78 is 39.2. The van der Waals surface area contributed by atoms with Gasteiger partial charge in [0.1, 0.15) is 11.6 Å². The van der Waals surface area contributed by atoms with Gasteiger partial charge in [0.15, 0.2) is 11.5 Å². The number of benzene rings is 2. The highest BCUT2D eigenvalue weighted by molar-refractivity contribution is 5.51. The van der Waals surface area contributed by atoms with Crippen LogP contribution in [-0.2, 0) is 6.42 Å². The molecule has 1 aliphatic heterocycles. The molecule has 0 spiro atoms. The van der Waals surface area contributed by atoms with Crippen molar-refractivity contribution in [3.05, 3.63) is 58.7 Å². The Morgan fingerprint density at radius 2 is 1.71 bits per heavy atom. The highest BCUT2D eigenvalue weighted by atomic mass is 19.1. The van der Waals surface area contributed by atoms with Crippen molar-refractivity contribution < 1.29 is 18.3 Å². The molecule has 0 fully saturated rings. The molecule has 1 heterocycles. The molecule has 3 rings (SSSR count). The van der Waals surface area contributed by atoms with E-state index in [0.29, 0.717) is 36.8 Å². The van der Waals surface area contributed by atoms with Gasteiger partial charge in [0.05, 0.1) is 19.3 Å². The van der Waals surface area contributed by atoms with Crippen molar-refractivity contribution in [2.45, 2.75) is 26.3 Å². The van der Waals surface area contributed by atoms with E-state index in [1.807, 2.05) is 26.0 Å². The number of rotatable bonds is 5. The van der Waals surface area contributed by atoms with Crippen molar-refractivity contribution in [1.82, 2.24) is 5.32 Å². The van der Waals surface area contributed by atoms with Gasteiger partial charge in [0.2, 0.25) is 0 Å². The van der Waals surface area contributed by atoms with E-state index in [0.717, 1.165) is 23.6 Å². The molecule has 24 heavy (non-hydrogen) atoms. The van der Waals surface area contributed by atoms with Gasteiger partial charge in [-0.25, -0.2) is 8.78 Å². The molecular weight excluding hydrogens is 312 g/mol. The van der Waals surface area contributed by atoms with E-state index in [-0.39, 0.29) is 0 Å². The number of fused-ring (bicyclic) bond motifs is 1. The molecule has 1 N–H and O–H groups in total. The Morgan fingerprint density at radius 3 is 2.42 bits per heavy atom. The first-order valence-corrected chi connectivity index (χ1v) is 8.24. The number of hydrogen-bond acceptors (Lipinski definition) is 3. The Hall–Kier alpha value is -2.14. The van der Waals surface area contributed by atoms with Crippen LogP contribution in [0.15, 0.2) is 30.3 Å². The van der Waals surface area contributed by atoms with Crippen LogP contribution in [-0.4, -0.2) is 19.8 Å². The van der Waals surface area contributed by atoms with Crippen LogP contribution in [0, 0.1) is 11.6 Å². The van der Waals surface area contributed by atoms with Gasteiger partial charge in [-0.3, -0.25) is 0 Å². The minimum absolute atomic E-state index is 0.308. The van der Waals surface area contributed by atoms with E-state index >= 15 is 0 Å². The van der Waals surface area contributed by atoms with Gasteiger partial charge in [-0.1, -0.05) is 0 Å². The Morgan fingerprint density at radius 1 is 1.00 bits per heavy atom. The van der Waals surface area contributed by atoms with Crippen molar-refractivity contribution >= 4 is 0 Å². The zero-order valence-corrected chi connectivity index (χ0v) is 13.9. The van der Waals surface area contributed by atoms with Crippen LogP contribution in [0.4, 0.5) is 8.78 Å². The standard InChI is InChI=1S/C19H21F2NO2/c1-3-23-17-9-12-7-8-22-19(14(12)11-18(17)24-4-2)15-10-13(20)5-6-16(15)21/h5-6,9-11,19,22H,3-4,7-8H2,1-2H3. The van der Waals surface area contributed by atoms with Crippen LogP contribution in [0.3, 0.4) is 0 Å². The number of hydrogen-bond donors (Lipinski definition) is 1. The van der Waals surface area contributed by atoms with Crippen molar-refractivity contribution in [2.24, 2.45) is 0 Å². The molecule has 0 aliphatic carbocycles. The molecule has 2 aromatic rings. The van der Waals surface area contributed by atoms with Crippen molar-refractivity contribution in [1.29, 1.82) is 0 Å². The first-order valence-electron chi connectivity index (χ1n) is 8.24. The summed E-state index contributed by atoms with van der Waals surface area (Å²) in [7, 11) is 0. The van der Waals surface area contributed by atoms with Gasteiger partial charge < -0.3 is 14.8 Å². The Labute approximate surface area is 140 Å². The van der Waals surface area contributed by atoms with Crippen molar-refractivity contribution in [2.75, 3.05) is 19.8 Å². The highest BCUT2D eigenvalue weighted by Crippen LogP contribution is 2.38. The minimum atomic E-state index is -0.448. The summed E-state index contributed by atoms with van der Waals surface area (Å²) in [5, 5.41) is 3.28. The fourth-order valence-corrected chi connectivity index (χ4v) is 3.11. The predicted molar refractivity (Wildman–Crippen MR) is 88.7 cm³/mol. The van der Waals surface area contributed by atoms with Crippen LogP contribution in [0.5, 0.6) is 11.5 Å². The molecule has 2 aromatic carbocycles. The molecule has 0 saturated carbocycles. The van der Waals surface area contributed by atoms with Crippen molar-refractivity contribution in [3.63, 3.8) is 0 Å². The maximum Gasteiger partial charge on any atom is 0.161 e. The van der Waals surface area contributed by atoms with Gasteiger partial charge in [-0.15, -0.1) is 0 Å². The molecule has 1 atom stereocenters. The molecule has 128 valence electrons. The smallest absolute Gasteiger partial charge is 0.161 e. The van der Waals surface area contributed by atoms with E-state index in [9.17, 15) is 8.78 Å². The molecule has 0 aromatic heterocycles. The quantitative estimate of drug-likeness (QED) is 0.897. The second-order valence-corrected chi connectivity index (χ2v) is 5.67. The Balaban J connectivity index is 2.09. The lowest BCUT2D eigenvalue weighted by Crippen LogP contribution is -2.31. The molecule has 1 aliphatic rings. The monoisotopic (exact) mass is 333 g/mol. The normalized spacial score (nSPS) is 16.6. The van der Waals surface area contributed by atoms with Crippen LogP contribution in [0.1, 0.15) is 36.6 Å². The molecule has 0 amide bonds. The first kappa shape index (κ1) is 16.7.